The van der Waals surface area contributed by atoms with Gasteiger partial charge in [-0.05, 0) is 88.1 Å². The van der Waals surface area contributed by atoms with Crippen molar-refractivity contribution in [1.82, 2.24) is 4.98 Å². The van der Waals surface area contributed by atoms with Crippen LogP contribution in [0.5, 0.6) is 0 Å². The Balaban J connectivity index is 0.000000174. The first-order chi connectivity index (χ1) is 15.1. The van der Waals surface area contributed by atoms with E-state index < -0.39 is 0 Å². The molecule has 0 aliphatic heterocycles. The largest absolute Gasteiger partial charge is 0.359 e. The Hall–Kier alpha value is -2.98. The van der Waals surface area contributed by atoms with Crippen LogP contribution in [0.15, 0.2) is 54.7 Å². The number of rotatable bonds is 4. The molecule has 1 heterocycles. The molecule has 0 atom stereocenters. The van der Waals surface area contributed by atoms with Gasteiger partial charge in [0.05, 0.1) is 5.69 Å². The van der Waals surface area contributed by atoms with Crippen molar-refractivity contribution in [2.45, 2.75) is 47.5 Å². The molecule has 0 unspecified atom stereocenters. The molecular weight excluding hydrogens is 422 g/mol. The summed E-state index contributed by atoms with van der Waals surface area (Å²) in [6, 6.07) is 14.8. The van der Waals surface area contributed by atoms with Gasteiger partial charge in [0.2, 0.25) is 0 Å². The highest BCUT2D eigenvalue weighted by atomic mass is 35.5. The lowest BCUT2D eigenvalue weighted by molar-refractivity contribution is 0.0965. The highest BCUT2D eigenvalue weighted by molar-refractivity contribution is 6.30. The summed E-state index contributed by atoms with van der Waals surface area (Å²) in [5, 5.41) is 0.683. The quantitative estimate of drug-likeness (QED) is 0.435. The van der Waals surface area contributed by atoms with Crippen LogP contribution in [0.25, 0.3) is 0 Å². The number of nitrogens with one attached hydrogen (secondary N) is 1. The van der Waals surface area contributed by atoms with Crippen LogP contribution in [0, 0.1) is 26.7 Å². The third-order valence-corrected chi connectivity index (χ3v) is 5.34. The van der Waals surface area contributed by atoms with Crippen LogP contribution >= 0.6 is 11.6 Å². The van der Waals surface area contributed by atoms with E-state index in [1.54, 1.807) is 49.5 Å². The van der Waals surface area contributed by atoms with Gasteiger partial charge >= 0.3 is 0 Å². The Morgan fingerprint density at radius 1 is 0.875 bits per heavy atom. The number of aromatic nitrogens is 1. The van der Waals surface area contributed by atoms with E-state index in [1.165, 1.54) is 12.5 Å². The summed E-state index contributed by atoms with van der Waals surface area (Å²) in [4.78, 5) is 35.9. The summed E-state index contributed by atoms with van der Waals surface area (Å²) in [6.45, 7) is 9.16. The fourth-order valence-corrected chi connectivity index (χ4v) is 3.61. The number of carbonyl (C=O) groups excluding carboxylic acids is 3. The molecule has 5 heteroatoms. The van der Waals surface area contributed by atoms with Crippen LogP contribution < -0.4 is 0 Å². The van der Waals surface area contributed by atoms with Crippen LogP contribution in [-0.2, 0) is 0 Å². The topological polar surface area (TPSA) is 67.0 Å². The van der Waals surface area contributed by atoms with Crippen molar-refractivity contribution in [1.29, 1.82) is 0 Å². The van der Waals surface area contributed by atoms with Crippen LogP contribution in [0.3, 0.4) is 0 Å². The van der Waals surface area contributed by atoms with Crippen molar-refractivity contribution in [3.05, 3.63) is 93.3 Å². The third kappa shape index (κ3) is 7.61. The first kappa shape index (κ1) is 25.3. The van der Waals surface area contributed by atoms with Crippen LogP contribution in [0.1, 0.15) is 74.6 Å². The molecule has 2 aromatic carbocycles. The second-order valence-electron chi connectivity index (χ2n) is 8.12. The molecule has 3 aromatic rings. The van der Waals surface area contributed by atoms with Gasteiger partial charge in [0.15, 0.2) is 17.3 Å². The molecule has 4 rings (SSSR count). The fraction of sp³-hybridized carbons (Fsp3) is 0.296. The predicted octanol–water partition coefficient (Wildman–Crippen LogP) is 6.96. The van der Waals surface area contributed by atoms with Gasteiger partial charge in [-0.1, -0.05) is 29.3 Å². The smallest absolute Gasteiger partial charge is 0.175 e. The maximum atomic E-state index is 11.5. The van der Waals surface area contributed by atoms with Gasteiger partial charge in [-0.15, -0.1) is 0 Å². The number of hydrogen-bond acceptors (Lipinski definition) is 3. The van der Waals surface area contributed by atoms with E-state index in [2.05, 4.69) is 4.98 Å². The lowest BCUT2D eigenvalue weighted by Crippen LogP contribution is -2.00. The summed E-state index contributed by atoms with van der Waals surface area (Å²) in [7, 11) is 0. The molecule has 168 valence electrons. The van der Waals surface area contributed by atoms with Gasteiger partial charge in [-0.3, -0.25) is 14.4 Å². The van der Waals surface area contributed by atoms with Gasteiger partial charge in [0, 0.05) is 35.2 Å². The number of H-pyrrole nitrogens is 1. The van der Waals surface area contributed by atoms with E-state index in [4.69, 9.17) is 11.6 Å². The molecular formula is C27H30ClNO3. The number of carbonyl (C=O) groups is 3. The van der Waals surface area contributed by atoms with E-state index in [9.17, 15) is 14.4 Å². The molecule has 1 aliphatic rings. The highest BCUT2D eigenvalue weighted by Gasteiger charge is 2.30. The van der Waals surface area contributed by atoms with Crippen molar-refractivity contribution in [3.8, 4) is 0 Å². The summed E-state index contributed by atoms with van der Waals surface area (Å²) >= 11 is 5.70. The maximum absolute atomic E-state index is 11.5. The number of benzene rings is 2. The molecule has 32 heavy (non-hydrogen) atoms. The number of aryl methyl sites for hydroxylation is 3. The van der Waals surface area contributed by atoms with E-state index in [-0.39, 0.29) is 17.3 Å². The zero-order valence-corrected chi connectivity index (χ0v) is 20.0. The molecule has 1 aliphatic carbocycles. The van der Waals surface area contributed by atoms with Gasteiger partial charge in [-0.2, -0.15) is 0 Å². The molecule has 0 saturated heterocycles. The Morgan fingerprint density at radius 3 is 1.81 bits per heavy atom. The Labute approximate surface area is 195 Å². The van der Waals surface area contributed by atoms with Gasteiger partial charge in [0.1, 0.15) is 0 Å². The average Bonchev–Trinajstić information content (AvgIpc) is 3.41. The molecule has 4 nitrogen and oxygen atoms in total. The van der Waals surface area contributed by atoms with Gasteiger partial charge in [-0.25, -0.2) is 0 Å². The Kier molecular flexibility index (Phi) is 9.15. The zero-order valence-electron chi connectivity index (χ0n) is 19.3. The molecule has 1 N–H and O–H groups in total. The van der Waals surface area contributed by atoms with Crippen LogP contribution in [0.2, 0.25) is 5.02 Å². The molecule has 0 radical (unpaired) electrons. The maximum Gasteiger partial charge on any atom is 0.175 e. The number of halogens is 1. The van der Waals surface area contributed by atoms with Crippen molar-refractivity contribution in [2.75, 3.05) is 0 Å². The minimum Gasteiger partial charge on any atom is -0.359 e. The lowest BCUT2D eigenvalue weighted by atomic mass is 9.97. The normalized spacial score (nSPS) is 12.1. The van der Waals surface area contributed by atoms with Gasteiger partial charge < -0.3 is 4.98 Å². The Bertz CT molecular complexity index is 1060. The SMILES string of the molecule is CC(=O)c1c(C)cc(C)cc1C.CC(=O)c1ccc[nH]1.O=C(c1ccc(Cl)cc1)C1CC1. The van der Waals surface area contributed by atoms with E-state index in [0.717, 1.165) is 35.1 Å². The van der Waals surface area contributed by atoms with Gasteiger partial charge in [0.25, 0.3) is 0 Å². The fourth-order valence-electron chi connectivity index (χ4n) is 3.48. The third-order valence-electron chi connectivity index (χ3n) is 5.08. The van der Waals surface area contributed by atoms with Crippen molar-refractivity contribution in [2.24, 2.45) is 5.92 Å². The minimum atomic E-state index is 0.0787. The first-order valence-electron chi connectivity index (χ1n) is 10.6. The van der Waals surface area contributed by atoms with E-state index in [0.29, 0.717) is 16.6 Å². The highest BCUT2D eigenvalue weighted by Crippen LogP contribution is 2.32. The predicted molar refractivity (Wildman–Crippen MR) is 130 cm³/mol. The number of Topliss-reactive ketones (excluding diaryl/α,β-unsaturated/α-hetero) is 3. The second kappa shape index (κ2) is 11.6. The van der Waals surface area contributed by atoms with E-state index >= 15 is 0 Å². The van der Waals surface area contributed by atoms with Crippen molar-refractivity contribution >= 4 is 29.0 Å². The van der Waals surface area contributed by atoms with Crippen LogP contribution in [0.4, 0.5) is 0 Å². The molecule has 0 spiro atoms. The molecule has 1 aromatic heterocycles. The second-order valence-corrected chi connectivity index (χ2v) is 8.55. The van der Waals surface area contributed by atoms with E-state index in [1.807, 2.05) is 32.9 Å². The summed E-state index contributed by atoms with van der Waals surface area (Å²) < 4.78 is 0. The standard InChI is InChI=1S/C11H14O.C10H9ClO.C6H7NO/c1-7-5-8(2)11(10(4)12)9(3)6-7;11-9-5-3-8(4-6-9)10(12)7-1-2-7;1-5(8)6-3-2-4-7-6/h5-6H,1-4H3;3-7H,1-2H2;2-4,7H,1H3. The summed E-state index contributed by atoms with van der Waals surface area (Å²) in [5.74, 6) is 0.804. The average molecular weight is 452 g/mol. The number of aromatic amines is 1. The molecule has 1 fully saturated rings. The van der Waals surface area contributed by atoms with Crippen molar-refractivity contribution < 1.29 is 14.4 Å². The number of hydrogen-bond donors (Lipinski definition) is 1. The lowest BCUT2D eigenvalue weighted by Gasteiger charge is -2.07. The molecule has 0 bridgehead atoms. The number of ketones is 3. The first-order valence-corrected chi connectivity index (χ1v) is 11.0. The summed E-state index contributed by atoms with van der Waals surface area (Å²) in [6.07, 6.45) is 3.85. The zero-order chi connectivity index (χ0) is 23.8. The van der Waals surface area contributed by atoms with Crippen molar-refractivity contribution in [3.63, 3.8) is 0 Å². The minimum absolute atomic E-state index is 0.0787. The van der Waals surface area contributed by atoms with Crippen LogP contribution in [-0.4, -0.2) is 22.3 Å². The molecule has 1 saturated carbocycles. The Morgan fingerprint density at radius 2 is 1.44 bits per heavy atom. The monoisotopic (exact) mass is 451 g/mol. The summed E-state index contributed by atoms with van der Waals surface area (Å²) in [5.41, 5.74) is 5.72. The molecule has 0 amide bonds.